The van der Waals surface area contributed by atoms with E-state index in [2.05, 4.69) is 0 Å². The normalized spacial score (nSPS) is 23.7. The average molecular weight is 247 g/mol. The van der Waals surface area contributed by atoms with E-state index in [4.69, 9.17) is 0 Å². The molecule has 0 aromatic heterocycles. The summed E-state index contributed by atoms with van der Waals surface area (Å²) in [5.74, 6) is -1.12. The standard InChI is InChI=1S/C14H17NO3/c1-14(13(17)18)9-5-6-10-15(14)12(16)11-7-3-2-4-8-11/h2-4,7-8H,5-6,9-10H2,1H3,(H,17,18)/t14-/m1/s1. The summed E-state index contributed by atoms with van der Waals surface area (Å²) in [6.45, 7) is 2.14. The fourth-order valence-electron chi connectivity index (χ4n) is 2.41. The Morgan fingerprint density at radius 2 is 1.89 bits per heavy atom. The van der Waals surface area contributed by atoms with Gasteiger partial charge in [-0.2, -0.15) is 0 Å². The highest BCUT2D eigenvalue weighted by molar-refractivity contribution is 5.97. The largest absolute Gasteiger partial charge is 0.480 e. The molecule has 1 N–H and O–H groups in total. The lowest BCUT2D eigenvalue weighted by molar-refractivity contribution is -0.150. The van der Waals surface area contributed by atoms with Gasteiger partial charge in [-0.1, -0.05) is 18.2 Å². The highest BCUT2D eigenvalue weighted by Crippen LogP contribution is 2.29. The Kier molecular flexibility index (Phi) is 3.36. The molecule has 1 atom stereocenters. The van der Waals surface area contributed by atoms with Gasteiger partial charge in [0.05, 0.1) is 0 Å². The number of nitrogens with zero attached hydrogens (tertiary/aromatic N) is 1. The van der Waals surface area contributed by atoms with Crippen LogP contribution in [0.1, 0.15) is 36.5 Å². The number of hydrogen-bond acceptors (Lipinski definition) is 2. The number of benzene rings is 1. The van der Waals surface area contributed by atoms with Crippen molar-refractivity contribution >= 4 is 11.9 Å². The molecule has 0 bridgehead atoms. The number of carboxylic acids is 1. The first-order chi connectivity index (χ1) is 8.55. The van der Waals surface area contributed by atoms with Crippen molar-refractivity contribution < 1.29 is 14.7 Å². The van der Waals surface area contributed by atoms with Crippen LogP contribution in [0.5, 0.6) is 0 Å². The van der Waals surface area contributed by atoms with E-state index in [1.165, 1.54) is 4.90 Å². The lowest BCUT2D eigenvalue weighted by atomic mass is 9.88. The van der Waals surface area contributed by atoms with E-state index in [-0.39, 0.29) is 5.91 Å². The molecular weight excluding hydrogens is 230 g/mol. The number of carbonyl (C=O) groups is 2. The fourth-order valence-corrected chi connectivity index (χ4v) is 2.41. The molecule has 1 amide bonds. The fraction of sp³-hybridized carbons (Fsp3) is 0.429. The minimum atomic E-state index is -1.08. The van der Waals surface area contributed by atoms with Gasteiger partial charge in [-0.3, -0.25) is 4.79 Å². The van der Waals surface area contributed by atoms with E-state index in [0.29, 0.717) is 18.5 Å². The van der Waals surface area contributed by atoms with Crippen molar-refractivity contribution in [2.75, 3.05) is 6.54 Å². The van der Waals surface area contributed by atoms with Crippen molar-refractivity contribution in [3.05, 3.63) is 35.9 Å². The van der Waals surface area contributed by atoms with Crippen LogP contribution in [-0.4, -0.2) is 34.0 Å². The molecular formula is C14H17NO3. The third kappa shape index (κ3) is 2.10. The summed E-state index contributed by atoms with van der Waals surface area (Å²) in [4.78, 5) is 25.3. The maximum absolute atomic E-state index is 12.4. The van der Waals surface area contributed by atoms with Crippen LogP contribution in [0.2, 0.25) is 0 Å². The summed E-state index contributed by atoms with van der Waals surface area (Å²) in [5.41, 5.74) is -0.530. The van der Waals surface area contributed by atoms with Gasteiger partial charge in [0.2, 0.25) is 0 Å². The van der Waals surface area contributed by atoms with Crippen LogP contribution in [0, 0.1) is 0 Å². The zero-order chi connectivity index (χ0) is 13.2. The maximum atomic E-state index is 12.4. The summed E-state index contributed by atoms with van der Waals surface area (Å²) in [5, 5.41) is 9.37. The first-order valence-electron chi connectivity index (χ1n) is 6.16. The van der Waals surface area contributed by atoms with Crippen LogP contribution < -0.4 is 0 Å². The maximum Gasteiger partial charge on any atom is 0.329 e. The Morgan fingerprint density at radius 3 is 2.50 bits per heavy atom. The topological polar surface area (TPSA) is 57.6 Å². The molecule has 96 valence electrons. The predicted octanol–water partition coefficient (Wildman–Crippen LogP) is 2.16. The lowest BCUT2D eigenvalue weighted by Gasteiger charge is -2.41. The van der Waals surface area contributed by atoms with Gasteiger partial charge in [0, 0.05) is 12.1 Å². The number of amides is 1. The summed E-state index contributed by atoms with van der Waals surface area (Å²) >= 11 is 0. The minimum absolute atomic E-state index is 0.194. The minimum Gasteiger partial charge on any atom is -0.480 e. The van der Waals surface area contributed by atoms with Gasteiger partial charge in [0.1, 0.15) is 5.54 Å². The molecule has 0 saturated carbocycles. The number of hydrogen-bond donors (Lipinski definition) is 1. The molecule has 0 radical (unpaired) electrons. The van der Waals surface area contributed by atoms with Crippen molar-refractivity contribution in [2.45, 2.75) is 31.7 Å². The zero-order valence-electron chi connectivity index (χ0n) is 10.4. The van der Waals surface area contributed by atoms with E-state index >= 15 is 0 Å². The van der Waals surface area contributed by atoms with Gasteiger partial charge in [-0.15, -0.1) is 0 Å². The molecule has 4 nitrogen and oxygen atoms in total. The Bertz CT molecular complexity index is 457. The zero-order valence-corrected chi connectivity index (χ0v) is 10.4. The SMILES string of the molecule is C[C@]1(C(=O)O)CCCCN1C(=O)c1ccccc1. The molecule has 1 fully saturated rings. The Morgan fingerprint density at radius 1 is 1.22 bits per heavy atom. The smallest absolute Gasteiger partial charge is 0.329 e. The molecule has 1 saturated heterocycles. The van der Waals surface area contributed by atoms with Crippen molar-refractivity contribution in [3.63, 3.8) is 0 Å². The van der Waals surface area contributed by atoms with E-state index in [0.717, 1.165) is 12.8 Å². The summed E-state index contributed by atoms with van der Waals surface area (Å²) < 4.78 is 0. The Hall–Kier alpha value is -1.84. The number of aliphatic carboxylic acids is 1. The Balaban J connectivity index is 2.30. The quantitative estimate of drug-likeness (QED) is 0.871. The van der Waals surface area contributed by atoms with E-state index in [1.54, 1.807) is 31.2 Å². The molecule has 0 aliphatic carbocycles. The number of carbonyl (C=O) groups excluding carboxylic acids is 1. The summed E-state index contributed by atoms with van der Waals surface area (Å²) in [6.07, 6.45) is 2.23. The Labute approximate surface area is 106 Å². The monoisotopic (exact) mass is 247 g/mol. The molecule has 1 aliphatic rings. The molecule has 1 aromatic carbocycles. The van der Waals surface area contributed by atoms with Gasteiger partial charge in [-0.25, -0.2) is 4.79 Å². The van der Waals surface area contributed by atoms with Crippen LogP contribution in [0.3, 0.4) is 0 Å². The second-order valence-corrected chi connectivity index (χ2v) is 4.86. The lowest BCUT2D eigenvalue weighted by Crippen LogP contribution is -2.57. The van der Waals surface area contributed by atoms with Crippen LogP contribution >= 0.6 is 0 Å². The van der Waals surface area contributed by atoms with Gasteiger partial charge in [0.15, 0.2) is 0 Å². The number of carboxylic acid groups (broad SMARTS) is 1. The average Bonchev–Trinajstić information content (AvgIpc) is 2.39. The molecule has 1 aromatic rings. The van der Waals surface area contributed by atoms with Gasteiger partial charge in [-0.05, 0) is 38.3 Å². The van der Waals surface area contributed by atoms with Crippen LogP contribution in [0.15, 0.2) is 30.3 Å². The predicted molar refractivity (Wildman–Crippen MR) is 67.4 cm³/mol. The van der Waals surface area contributed by atoms with Crippen molar-refractivity contribution in [1.82, 2.24) is 4.90 Å². The molecule has 0 unspecified atom stereocenters. The van der Waals surface area contributed by atoms with Crippen LogP contribution in [0.4, 0.5) is 0 Å². The number of piperidine rings is 1. The summed E-state index contributed by atoms with van der Waals surface area (Å²) in [7, 11) is 0. The van der Waals surface area contributed by atoms with E-state index in [1.807, 2.05) is 6.07 Å². The molecule has 1 aliphatic heterocycles. The molecule has 18 heavy (non-hydrogen) atoms. The number of likely N-dealkylation sites (tertiary alicyclic amines) is 1. The molecule has 0 spiro atoms. The van der Waals surface area contributed by atoms with Crippen LogP contribution in [-0.2, 0) is 4.79 Å². The third-order valence-corrected chi connectivity index (χ3v) is 3.62. The molecule has 4 heteroatoms. The first kappa shape index (κ1) is 12.6. The van der Waals surface area contributed by atoms with E-state index in [9.17, 15) is 14.7 Å². The highest BCUT2D eigenvalue weighted by Gasteiger charge is 2.43. The van der Waals surface area contributed by atoms with Gasteiger partial charge in [0.25, 0.3) is 5.91 Å². The van der Waals surface area contributed by atoms with Crippen molar-refractivity contribution in [3.8, 4) is 0 Å². The second kappa shape index (κ2) is 4.80. The van der Waals surface area contributed by atoms with Crippen molar-refractivity contribution in [2.24, 2.45) is 0 Å². The van der Waals surface area contributed by atoms with E-state index < -0.39 is 11.5 Å². The van der Waals surface area contributed by atoms with Crippen molar-refractivity contribution in [1.29, 1.82) is 0 Å². The van der Waals surface area contributed by atoms with Gasteiger partial charge < -0.3 is 10.0 Å². The van der Waals surface area contributed by atoms with Gasteiger partial charge >= 0.3 is 5.97 Å². The highest BCUT2D eigenvalue weighted by atomic mass is 16.4. The number of rotatable bonds is 2. The van der Waals surface area contributed by atoms with Crippen LogP contribution in [0.25, 0.3) is 0 Å². The third-order valence-electron chi connectivity index (χ3n) is 3.62. The second-order valence-electron chi connectivity index (χ2n) is 4.86. The summed E-state index contributed by atoms with van der Waals surface area (Å²) in [6, 6.07) is 8.85. The first-order valence-corrected chi connectivity index (χ1v) is 6.16. The molecule has 1 heterocycles. The molecule has 2 rings (SSSR count).